The SMILES string of the molecule is [N-]=[N+]=N[C@@H]1[C@H](F)CCO[C@@H]1CO. The van der Waals surface area contributed by atoms with Gasteiger partial charge in [-0.05, 0) is 5.53 Å². The summed E-state index contributed by atoms with van der Waals surface area (Å²) in [4.78, 5) is 2.50. The van der Waals surface area contributed by atoms with Crippen molar-refractivity contribution in [3.05, 3.63) is 10.4 Å². The van der Waals surface area contributed by atoms with E-state index in [0.29, 0.717) is 0 Å². The van der Waals surface area contributed by atoms with Gasteiger partial charge >= 0.3 is 0 Å². The highest BCUT2D eigenvalue weighted by atomic mass is 19.1. The molecule has 1 heterocycles. The topological polar surface area (TPSA) is 78.2 Å². The number of aliphatic hydroxyl groups excluding tert-OH is 1. The maximum atomic E-state index is 13.0. The van der Waals surface area contributed by atoms with Gasteiger partial charge in [-0.25, -0.2) is 4.39 Å². The average Bonchev–Trinajstić information content (AvgIpc) is 2.09. The second-order valence-electron chi connectivity index (χ2n) is 2.59. The number of rotatable bonds is 2. The second-order valence-corrected chi connectivity index (χ2v) is 2.59. The molecule has 3 atom stereocenters. The number of hydrogen-bond acceptors (Lipinski definition) is 3. The van der Waals surface area contributed by atoms with Crippen LogP contribution in [0.1, 0.15) is 6.42 Å². The number of ether oxygens (including phenoxy) is 1. The Bertz CT molecular complexity index is 195. The van der Waals surface area contributed by atoms with Gasteiger partial charge in [-0.2, -0.15) is 0 Å². The fourth-order valence-electron chi connectivity index (χ4n) is 1.20. The molecule has 0 bridgehead atoms. The number of hydrogen-bond donors (Lipinski definition) is 1. The Kier molecular flexibility index (Phi) is 3.28. The number of halogens is 1. The Morgan fingerprint density at radius 2 is 2.50 bits per heavy atom. The molecule has 68 valence electrons. The molecule has 5 nitrogen and oxygen atoms in total. The summed E-state index contributed by atoms with van der Waals surface area (Å²) < 4.78 is 18.0. The van der Waals surface area contributed by atoms with Crippen LogP contribution in [0.3, 0.4) is 0 Å². The zero-order valence-electron chi connectivity index (χ0n) is 6.43. The van der Waals surface area contributed by atoms with Gasteiger partial charge < -0.3 is 9.84 Å². The number of nitrogens with zero attached hydrogens (tertiary/aromatic N) is 3. The minimum absolute atomic E-state index is 0.222. The normalized spacial score (nSPS) is 35.7. The minimum Gasteiger partial charge on any atom is -0.394 e. The maximum Gasteiger partial charge on any atom is 0.113 e. The van der Waals surface area contributed by atoms with Crippen LogP contribution in [-0.4, -0.2) is 36.6 Å². The summed E-state index contributed by atoms with van der Waals surface area (Å²) >= 11 is 0. The second kappa shape index (κ2) is 4.25. The van der Waals surface area contributed by atoms with Crippen LogP contribution in [0.25, 0.3) is 10.4 Å². The van der Waals surface area contributed by atoms with Crippen LogP contribution in [0, 0.1) is 0 Å². The molecule has 1 N–H and O–H groups in total. The first-order chi connectivity index (χ1) is 5.79. The molecule has 0 amide bonds. The van der Waals surface area contributed by atoms with E-state index in [0.717, 1.165) is 0 Å². The molecule has 1 aliphatic rings. The smallest absolute Gasteiger partial charge is 0.113 e. The van der Waals surface area contributed by atoms with Gasteiger partial charge in [0.25, 0.3) is 0 Å². The lowest BCUT2D eigenvalue weighted by molar-refractivity contribution is -0.0585. The van der Waals surface area contributed by atoms with Crippen molar-refractivity contribution >= 4 is 0 Å². The molecular formula is C6H10FN3O2. The van der Waals surface area contributed by atoms with Crippen molar-refractivity contribution in [2.45, 2.75) is 24.7 Å². The van der Waals surface area contributed by atoms with E-state index >= 15 is 0 Å². The predicted octanol–water partition coefficient (Wildman–Crippen LogP) is 0.785. The molecule has 0 aliphatic carbocycles. The molecule has 0 saturated carbocycles. The average molecular weight is 175 g/mol. The standard InChI is InChI=1S/C6H10FN3O2/c7-4-1-2-12-5(3-11)6(4)9-10-8/h4-6,11H,1-3H2/t4-,5-,6-/m1/s1. The summed E-state index contributed by atoms with van der Waals surface area (Å²) in [5, 5.41) is 12.0. The van der Waals surface area contributed by atoms with E-state index in [4.69, 9.17) is 15.4 Å². The largest absolute Gasteiger partial charge is 0.394 e. The minimum atomic E-state index is -1.20. The van der Waals surface area contributed by atoms with Crippen molar-refractivity contribution in [3.8, 4) is 0 Å². The molecule has 0 aromatic carbocycles. The zero-order valence-corrected chi connectivity index (χ0v) is 6.43. The third-order valence-electron chi connectivity index (χ3n) is 1.84. The maximum absolute atomic E-state index is 13.0. The summed E-state index contributed by atoms with van der Waals surface area (Å²) in [6, 6.07) is -0.881. The molecule has 0 unspecified atom stereocenters. The monoisotopic (exact) mass is 175 g/mol. The van der Waals surface area contributed by atoms with E-state index in [1.807, 2.05) is 0 Å². The number of azide groups is 1. The molecule has 1 fully saturated rings. The van der Waals surface area contributed by atoms with Crippen LogP contribution >= 0.6 is 0 Å². The van der Waals surface area contributed by atoms with E-state index in [1.165, 1.54) is 0 Å². The first kappa shape index (κ1) is 9.25. The van der Waals surface area contributed by atoms with Gasteiger partial charge in [0.2, 0.25) is 0 Å². The van der Waals surface area contributed by atoms with Crippen LogP contribution in [0.15, 0.2) is 5.11 Å². The molecule has 0 aromatic heterocycles. The molecule has 1 aliphatic heterocycles. The highest BCUT2D eigenvalue weighted by Gasteiger charge is 2.33. The van der Waals surface area contributed by atoms with Gasteiger partial charge in [0.1, 0.15) is 6.17 Å². The van der Waals surface area contributed by atoms with Gasteiger partial charge in [-0.3, -0.25) is 0 Å². The van der Waals surface area contributed by atoms with Gasteiger partial charge in [0.15, 0.2) is 0 Å². The Morgan fingerprint density at radius 3 is 3.08 bits per heavy atom. The van der Waals surface area contributed by atoms with E-state index < -0.39 is 18.3 Å². The predicted molar refractivity (Wildman–Crippen MR) is 39.3 cm³/mol. The summed E-state index contributed by atoms with van der Waals surface area (Å²) in [6.07, 6.45) is -1.67. The van der Waals surface area contributed by atoms with Crippen LogP contribution in [0.2, 0.25) is 0 Å². The van der Waals surface area contributed by atoms with E-state index in [2.05, 4.69) is 10.0 Å². The lowest BCUT2D eigenvalue weighted by Crippen LogP contribution is -2.43. The first-order valence-electron chi connectivity index (χ1n) is 3.70. The van der Waals surface area contributed by atoms with E-state index in [9.17, 15) is 4.39 Å². The van der Waals surface area contributed by atoms with Crippen molar-refractivity contribution in [2.75, 3.05) is 13.2 Å². The molecule has 1 rings (SSSR count). The van der Waals surface area contributed by atoms with E-state index in [-0.39, 0.29) is 19.6 Å². The van der Waals surface area contributed by atoms with Crippen LogP contribution in [0.5, 0.6) is 0 Å². The Morgan fingerprint density at radius 1 is 1.75 bits per heavy atom. The van der Waals surface area contributed by atoms with Crippen LogP contribution < -0.4 is 0 Å². The quantitative estimate of drug-likeness (QED) is 0.382. The Labute approximate surface area is 68.8 Å². The van der Waals surface area contributed by atoms with Crippen molar-refractivity contribution < 1.29 is 14.2 Å². The Balaban J connectivity index is 2.65. The molecule has 0 aromatic rings. The number of aliphatic hydroxyl groups is 1. The first-order valence-corrected chi connectivity index (χ1v) is 3.70. The highest BCUT2D eigenvalue weighted by molar-refractivity contribution is 4.87. The lowest BCUT2D eigenvalue weighted by Gasteiger charge is -2.29. The van der Waals surface area contributed by atoms with Gasteiger partial charge in [0.05, 0.1) is 18.8 Å². The van der Waals surface area contributed by atoms with Gasteiger partial charge in [-0.1, -0.05) is 5.11 Å². The molecule has 1 saturated heterocycles. The van der Waals surface area contributed by atoms with Crippen molar-refractivity contribution in [2.24, 2.45) is 5.11 Å². The molecule has 0 spiro atoms. The molecular weight excluding hydrogens is 165 g/mol. The number of alkyl halides is 1. The fourth-order valence-corrected chi connectivity index (χ4v) is 1.20. The highest BCUT2D eigenvalue weighted by Crippen LogP contribution is 2.20. The third kappa shape index (κ3) is 1.85. The fraction of sp³-hybridized carbons (Fsp3) is 1.00. The van der Waals surface area contributed by atoms with Crippen molar-refractivity contribution in [1.82, 2.24) is 0 Å². The Hall–Kier alpha value is -0.840. The van der Waals surface area contributed by atoms with Gasteiger partial charge in [0, 0.05) is 17.9 Å². The third-order valence-corrected chi connectivity index (χ3v) is 1.84. The lowest BCUT2D eigenvalue weighted by atomic mass is 10.0. The van der Waals surface area contributed by atoms with Crippen LogP contribution in [0.4, 0.5) is 4.39 Å². The van der Waals surface area contributed by atoms with E-state index in [1.54, 1.807) is 0 Å². The van der Waals surface area contributed by atoms with Crippen molar-refractivity contribution in [3.63, 3.8) is 0 Å². The molecule has 12 heavy (non-hydrogen) atoms. The van der Waals surface area contributed by atoms with Crippen molar-refractivity contribution in [1.29, 1.82) is 0 Å². The zero-order chi connectivity index (χ0) is 8.97. The summed E-state index contributed by atoms with van der Waals surface area (Å²) in [6.45, 7) is -0.0477. The summed E-state index contributed by atoms with van der Waals surface area (Å²) in [7, 11) is 0. The van der Waals surface area contributed by atoms with Gasteiger partial charge in [-0.15, -0.1) is 0 Å². The summed E-state index contributed by atoms with van der Waals surface area (Å²) in [5.74, 6) is 0. The molecule has 0 radical (unpaired) electrons. The molecule has 6 heteroatoms. The van der Waals surface area contributed by atoms with Crippen LogP contribution in [-0.2, 0) is 4.74 Å². The summed E-state index contributed by atoms with van der Waals surface area (Å²) in [5.41, 5.74) is 8.10.